The number of aryl methyl sites for hydroxylation is 2. The van der Waals surface area contributed by atoms with Crippen molar-refractivity contribution in [2.24, 2.45) is 0 Å². The number of rotatable bonds is 8. The van der Waals surface area contributed by atoms with Crippen molar-refractivity contribution in [3.63, 3.8) is 0 Å². The van der Waals surface area contributed by atoms with E-state index in [4.69, 9.17) is 0 Å². The van der Waals surface area contributed by atoms with Crippen molar-refractivity contribution >= 4 is 31.9 Å². The Morgan fingerprint density at radius 3 is 1.62 bits per heavy atom. The number of hydrogen-bond acceptors (Lipinski definition) is 6. The van der Waals surface area contributed by atoms with Gasteiger partial charge in [-0.2, -0.15) is 9.59 Å². The van der Waals surface area contributed by atoms with E-state index in [-0.39, 0.29) is 0 Å². The Balaban J connectivity index is 1.87. The molecule has 0 radical (unpaired) electrons. The van der Waals surface area contributed by atoms with Crippen LogP contribution in [0.4, 0.5) is 0 Å². The maximum Gasteiger partial charge on any atom is 0.205 e. The molecule has 0 amide bonds. The summed E-state index contributed by atoms with van der Waals surface area (Å²) in [5.41, 5.74) is 1.70. The van der Waals surface area contributed by atoms with Crippen molar-refractivity contribution in [2.75, 3.05) is 10.7 Å². The minimum absolute atomic E-state index is 0.567. The lowest BCUT2D eigenvalue weighted by Crippen LogP contribution is -2.03. The second kappa shape index (κ2) is 8.43. The minimum atomic E-state index is 0.567. The normalized spacial score (nSPS) is 11.1. The molecule has 0 saturated carbocycles. The van der Waals surface area contributed by atoms with Crippen LogP contribution in [-0.4, -0.2) is 51.1 Å². The molecule has 0 aliphatic rings. The number of alkyl halides is 2. The van der Waals surface area contributed by atoms with E-state index in [9.17, 15) is 0 Å². The first kappa shape index (κ1) is 17.2. The van der Waals surface area contributed by atoms with Crippen LogP contribution in [-0.2, 0) is 13.1 Å². The van der Waals surface area contributed by atoms with Crippen LogP contribution in [0.15, 0.2) is 24.3 Å². The van der Waals surface area contributed by atoms with Crippen molar-refractivity contribution < 1.29 is 0 Å². The molecule has 0 aliphatic carbocycles. The molecular formula is C14H16Br2N8. The third kappa shape index (κ3) is 4.04. The largest absolute Gasteiger partial charge is 0.205 e. The van der Waals surface area contributed by atoms with Gasteiger partial charge in [0.05, 0.1) is 13.1 Å². The van der Waals surface area contributed by atoms with Gasteiger partial charge in [-0.15, -0.1) is 20.4 Å². The summed E-state index contributed by atoms with van der Waals surface area (Å²) in [4.78, 5) is 3.21. The van der Waals surface area contributed by atoms with Crippen molar-refractivity contribution in [2.45, 2.75) is 25.9 Å². The molecule has 10 heteroatoms. The molecule has 0 saturated heterocycles. The van der Waals surface area contributed by atoms with Crippen LogP contribution in [0.3, 0.4) is 0 Å². The fraction of sp³-hybridized carbons (Fsp3) is 0.429. The van der Waals surface area contributed by atoms with Crippen LogP contribution in [0.2, 0.25) is 0 Å². The molecule has 0 N–H and O–H groups in total. The summed E-state index contributed by atoms with van der Waals surface area (Å²) in [5, 5.41) is 27.2. The zero-order chi connectivity index (χ0) is 16.8. The maximum absolute atomic E-state index is 4.45. The Morgan fingerprint density at radius 1 is 0.750 bits per heavy atom. The van der Waals surface area contributed by atoms with E-state index < -0.39 is 0 Å². The molecule has 2 aromatic heterocycles. The molecule has 0 bridgehead atoms. The van der Waals surface area contributed by atoms with Crippen molar-refractivity contribution in [3.8, 4) is 22.8 Å². The van der Waals surface area contributed by atoms with Crippen LogP contribution in [0.1, 0.15) is 12.8 Å². The average molecular weight is 456 g/mol. The van der Waals surface area contributed by atoms with Gasteiger partial charge in [-0.25, -0.2) is 0 Å². The fourth-order valence-corrected chi connectivity index (χ4v) is 2.67. The number of benzene rings is 1. The Kier molecular flexibility index (Phi) is 6.02. The smallest absolute Gasteiger partial charge is 0.164 e. The predicted molar refractivity (Wildman–Crippen MR) is 96.9 cm³/mol. The third-order valence-corrected chi connectivity index (χ3v) is 4.42. The Bertz CT molecular complexity index is 719. The molecular weight excluding hydrogens is 440 g/mol. The Labute approximate surface area is 155 Å². The molecule has 1 aromatic carbocycles. The molecule has 0 atom stereocenters. The van der Waals surface area contributed by atoms with Crippen molar-refractivity contribution in [1.29, 1.82) is 0 Å². The number of nitrogens with zero attached hydrogens (tertiary/aromatic N) is 8. The Hall–Kier alpha value is -1.68. The summed E-state index contributed by atoms with van der Waals surface area (Å²) in [6.07, 6.45) is 1.89. The summed E-state index contributed by atoms with van der Waals surface area (Å²) in [6, 6.07) is 7.77. The number of tetrazole rings is 2. The first-order chi connectivity index (χ1) is 11.8. The van der Waals surface area contributed by atoms with Crippen molar-refractivity contribution in [1.82, 2.24) is 40.4 Å². The first-order valence-corrected chi connectivity index (χ1v) is 9.83. The van der Waals surface area contributed by atoms with Gasteiger partial charge in [0.15, 0.2) is 0 Å². The summed E-state index contributed by atoms with van der Waals surface area (Å²) in [7, 11) is 0. The van der Waals surface area contributed by atoms with E-state index in [0.717, 1.165) is 47.7 Å². The van der Waals surface area contributed by atoms with E-state index in [0.29, 0.717) is 11.6 Å². The van der Waals surface area contributed by atoms with Crippen LogP contribution in [0.5, 0.6) is 0 Å². The molecule has 8 nitrogen and oxygen atoms in total. The fourth-order valence-electron chi connectivity index (χ4n) is 2.17. The topological polar surface area (TPSA) is 87.2 Å². The highest BCUT2D eigenvalue weighted by Gasteiger charge is 2.15. The van der Waals surface area contributed by atoms with Gasteiger partial charge < -0.3 is 0 Å². The summed E-state index contributed by atoms with van der Waals surface area (Å²) < 4.78 is 0. The number of aromatic nitrogens is 8. The zero-order valence-corrected chi connectivity index (χ0v) is 16.1. The number of halogens is 2. The highest BCUT2D eigenvalue weighted by Crippen LogP contribution is 2.26. The molecule has 3 rings (SSSR count). The van der Waals surface area contributed by atoms with Gasteiger partial charge in [0, 0.05) is 21.8 Å². The zero-order valence-electron chi connectivity index (χ0n) is 12.9. The molecule has 0 fully saturated rings. The van der Waals surface area contributed by atoms with Gasteiger partial charge in [-0.1, -0.05) is 56.1 Å². The second-order valence-corrected chi connectivity index (χ2v) is 6.63. The minimum Gasteiger partial charge on any atom is -0.164 e. The standard InChI is InChI=1S/C14H16Br2N8/c15-7-3-9-23-19-13(17-21-23)11-5-1-2-6-12(11)14-18-22-24(20-14)10-4-8-16/h1-2,5-6H,3-4,7-10H2. The van der Waals surface area contributed by atoms with Gasteiger partial charge in [-0.3, -0.25) is 0 Å². The molecule has 24 heavy (non-hydrogen) atoms. The average Bonchev–Trinajstić information content (AvgIpc) is 3.27. The third-order valence-electron chi connectivity index (χ3n) is 3.30. The van der Waals surface area contributed by atoms with Gasteiger partial charge in [0.25, 0.3) is 0 Å². The monoisotopic (exact) mass is 454 g/mol. The van der Waals surface area contributed by atoms with Crippen molar-refractivity contribution in [3.05, 3.63) is 24.3 Å². The van der Waals surface area contributed by atoms with E-state index >= 15 is 0 Å². The molecule has 2 heterocycles. The van der Waals surface area contributed by atoms with E-state index in [1.165, 1.54) is 0 Å². The van der Waals surface area contributed by atoms with E-state index in [1.807, 2.05) is 24.3 Å². The molecule has 3 aromatic rings. The van der Waals surface area contributed by atoms with E-state index in [1.54, 1.807) is 9.59 Å². The van der Waals surface area contributed by atoms with Crippen LogP contribution >= 0.6 is 31.9 Å². The predicted octanol–water partition coefficient (Wildman–Crippen LogP) is 2.56. The highest BCUT2D eigenvalue weighted by molar-refractivity contribution is 9.09. The lowest BCUT2D eigenvalue weighted by Gasteiger charge is -2.01. The lowest BCUT2D eigenvalue weighted by atomic mass is 10.1. The summed E-state index contributed by atoms with van der Waals surface area (Å²) >= 11 is 6.81. The van der Waals surface area contributed by atoms with Crippen LogP contribution in [0.25, 0.3) is 22.8 Å². The Morgan fingerprint density at radius 2 is 1.21 bits per heavy atom. The molecule has 0 unspecified atom stereocenters. The molecule has 126 valence electrons. The van der Waals surface area contributed by atoms with E-state index in [2.05, 4.69) is 62.7 Å². The first-order valence-electron chi connectivity index (χ1n) is 7.59. The molecule has 0 spiro atoms. The van der Waals surface area contributed by atoms with Crippen LogP contribution < -0.4 is 0 Å². The van der Waals surface area contributed by atoms with Gasteiger partial charge >= 0.3 is 0 Å². The quantitative estimate of drug-likeness (QED) is 0.485. The number of hydrogen-bond donors (Lipinski definition) is 0. The SMILES string of the molecule is BrCCCn1nnc(-c2ccccc2-c2nnn(CCCBr)n2)n1. The summed E-state index contributed by atoms with van der Waals surface area (Å²) in [5.74, 6) is 1.13. The molecule has 0 aliphatic heterocycles. The van der Waals surface area contributed by atoms with Gasteiger partial charge in [0.1, 0.15) is 0 Å². The van der Waals surface area contributed by atoms with Gasteiger partial charge in [-0.05, 0) is 23.3 Å². The summed E-state index contributed by atoms with van der Waals surface area (Å²) in [6.45, 7) is 1.45. The maximum atomic E-state index is 4.45. The van der Waals surface area contributed by atoms with Crippen LogP contribution in [0, 0.1) is 0 Å². The second-order valence-electron chi connectivity index (χ2n) is 5.05. The highest BCUT2D eigenvalue weighted by atomic mass is 79.9. The van der Waals surface area contributed by atoms with Gasteiger partial charge in [0.2, 0.25) is 11.6 Å². The lowest BCUT2D eigenvalue weighted by molar-refractivity contribution is 0.518.